The second kappa shape index (κ2) is 7.41. The molecule has 108 valence electrons. The largest absolute Gasteiger partial charge is 0.309 e. The van der Waals surface area contributed by atoms with E-state index in [0.29, 0.717) is 10.0 Å². The summed E-state index contributed by atoms with van der Waals surface area (Å²) in [6, 6.07) is 6.11. The smallest absolute Gasteiger partial charge is 0.0798 e. The topological polar surface area (TPSA) is 24.9 Å². The number of nitrogens with one attached hydrogen (secondary N) is 1. The molecule has 20 heavy (non-hydrogen) atoms. The minimum absolute atomic E-state index is 0.277. The van der Waals surface area contributed by atoms with Gasteiger partial charge in [-0.2, -0.15) is 0 Å². The Morgan fingerprint density at radius 3 is 2.70 bits per heavy atom. The summed E-state index contributed by atoms with van der Waals surface area (Å²) in [7, 11) is 0. The first-order valence-corrected chi connectivity index (χ1v) is 8.32. The van der Waals surface area contributed by atoms with Gasteiger partial charge < -0.3 is 5.32 Å². The molecule has 0 aliphatic heterocycles. The van der Waals surface area contributed by atoms with Crippen molar-refractivity contribution < 1.29 is 0 Å². The highest BCUT2D eigenvalue weighted by Gasteiger charge is 2.16. The third-order valence-corrected chi connectivity index (χ3v) is 4.95. The predicted molar refractivity (Wildman–Crippen MR) is 88.1 cm³/mol. The lowest BCUT2D eigenvalue weighted by Gasteiger charge is -2.18. The quantitative estimate of drug-likeness (QED) is 0.803. The molecular weight excluding hydrogens is 311 g/mol. The Labute approximate surface area is 134 Å². The number of hydrogen-bond donors (Lipinski definition) is 1. The van der Waals surface area contributed by atoms with E-state index >= 15 is 0 Å². The molecule has 1 atom stereocenters. The average Bonchev–Trinajstić information content (AvgIpc) is 2.85. The maximum Gasteiger partial charge on any atom is 0.0798 e. The number of aromatic nitrogens is 1. The zero-order valence-corrected chi connectivity index (χ0v) is 13.9. The van der Waals surface area contributed by atoms with Crippen LogP contribution in [0.3, 0.4) is 0 Å². The zero-order chi connectivity index (χ0) is 14.5. The zero-order valence-electron chi connectivity index (χ0n) is 11.6. The number of nitrogens with zero attached hydrogens (tertiary/aromatic N) is 1. The van der Waals surface area contributed by atoms with Gasteiger partial charge in [-0.25, -0.2) is 4.98 Å². The first-order valence-electron chi connectivity index (χ1n) is 6.69. The van der Waals surface area contributed by atoms with E-state index in [-0.39, 0.29) is 6.04 Å². The second-order valence-corrected chi connectivity index (χ2v) is 6.46. The number of thiazole rings is 1. The van der Waals surface area contributed by atoms with E-state index < -0.39 is 0 Å². The molecule has 0 radical (unpaired) electrons. The summed E-state index contributed by atoms with van der Waals surface area (Å²) in [6.07, 6.45) is 2.00. The van der Waals surface area contributed by atoms with Crippen LogP contribution in [0.4, 0.5) is 0 Å². The normalized spacial score (nSPS) is 12.6. The van der Waals surface area contributed by atoms with Gasteiger partial charge in [-0.15, -0.1) is 11.3 Å². The molecule has 0 aliphatic carbocycles. The van der Waals surface area contributed by atoms with E-state index in [1.54, 1.807) is 11.3 Å². The molecule has 1 aromatic carbocycles. The number of halogens is 2. The molecule has 1 aromatic heterocycles. The Morgan fingerprint density at radius 1 is 1.30 bits per heavy atom. The SMILES string of the molecule is CCCNC(Cc1ccc(Cl)c(Cl)c1)c1scnc1C. The van der Waals surface area contributed by atoms with Crippen LogP contribution in [0.1, 0.15) is 35.5 Å². The number of benzene rings is 1. The Balaban J connectivity index is 2.19. The highest BCUT2D eigenvalue weighted by molar-refractivity contribution is 7.09. The highest BCUT2D eigenvalue weighted by Crippen LogP contribution is 2.28. The van der Waals surface area contributed by atoms with Crippen LogP contribution in [-0.4, -0.2) is 11.5 Å². The summed E-state index contributed by atoms with van der Waals surface area (Å²) in [5.74, 6) is 0. The van der Waals surface area contributed by atoms with Gasteiger partial charge in [0, 0.05) is 10.9 Å². The number of aryl methyl sites for hydroxylation is 1. The molecule has 0 amide bonds. The summed E-state index contributed by atoms with van der Waals surface area (Å²) >= 11 is 13.8. The predicted octanol–water partition coefficient (Wildman–Crippen LogP) is 5.04. The maximum absolute atomic E-state index is 6.10. The molecule has 0 spiro atoms. The van der Waals surface area contributed by atoms with Crippen LogP contribution in [0.5, 0.6) is 0 Å². The van der Waals surface area contributed by atoms with Gasteiger partial charge in [-0.3, -0.25) is 0 Å². The Kier molecular flexibility index (Phi) is 5.85. The molecule has 2 nitrogen and oxygen atoms in total. The molecule has 0 fully saturated rings. The molecule has 1 heterocycles. The lowest BCUT2D eigenvalue weighted by molar-refractivity contribution is 0.534. The summed E-state index contributed by atoms with van der Waals surface area (Å²) in [4.78, 5) is 5.65. The summed E-state index contributed by atoms with van der Waals surface area (Å²) < 4.78 is 0. The summed E-state index contributed by atoms with van der Waals surface area (Å²) in [6.45, 7) is 5.22. The van der Waals surface area contributed by atoms with Crippen molar-refractivity contribution in [3.05, 3.63) is 49.9 Å². The fourth-order valence-electron chi connectivity index (χ4n) is 2.12. The van der Waals surface area contributed by atoms with Gasteiger partial charge in [0.1, 0.15) is 0 Å². The third kappa shape index (κ3) is 3.95. The van der Waals surface area contributed by atoms with Gasteiger partial charge >= 0.3 is 0 Å². The Hall–Kier alpha value is -0.610. The fraction of sp³-hybridized carbons (Fsp3) is 0.400. The van der Waals surface area contributed by atoms with E-state index in [4.69, 9.17) is 23.2 Å². The van der Waals surface area contributed by atoms with Gasteiger partial charge in [0.2, 0.25) is 0 Å². The van der Waals surface area contributed by atoms with E-state index in [9.17, 15) is 0 Å². The molecule has 0 saturated carbocycles. The highest BCUT2D eigenvalue weighted by atomic mass is 35.5. The van der Waals surface area contributed by atoms with E-state index in [1.165, 1.54) is 10.4 Å². The molecule has 5 heteroatoms. The first kappa shape index (κ1) is 15.8. The van der Waals surface area contributed by atoms with E-state index in [0.717, 1.165) is 25.1 Å². The third-order valence-electron chi connectivity index (χ3n) is 3.16. The van der Waals surface area contributed by atoms with Gasteiger partial charge in [0.05, 0.1) is 21.2 Å². The molecule has 1 unspecified atom stereocenters. The van der Waals surface area contributed by atoms with Crippen LogP contribution in [-0.2, 0) is 6.42 Å². The number of rotatable bonds is 6. The van der Waals surface area contributed by atoms with Crippen LogP contribution in [0.15, 0.2) is 23.7 Å². The van der Waals surface area contributed by atoms with Crippen LogP contribution in [0, 0.1) is 6.92 Å². The molecular formula is C15H18Cl2N2S. The van der Waals surface area contributed by atoms with Crippen molar-refractivity contribution in [2.75, 3.05) is 6.54 Å². The van der Waals surface area contributed by atoms with Crippen molar-refractivity contribution >= 4 is 34.5 Å². The van der Waals surface area contributed by atoms with Crippen molar-refractivity contribution in [1.82, 2.24) is 10.3 Å². The fourth-order valence-corrected chi connectivity index (χ4v) is 3.32. The lowest BCUT2D eigenvalue weighted by Crippen LogP contribution is -2.24. The maximum atomic E-state index is 6.10. The monoisotopic (exact) mass is 328 g/mol. The van der Waals surface area contributed by atoms with Crippen LogP contribution < -0.4 is 5.32 Å². The Bertz CT molecular complexity index is 569. The molecule has 0 aliphatic rings. The van der Waals surface area contributed by atoms with Crippen molar-refractivity contribution in [3.63, 3.8) is 0 Å². The van der Waals surface area contributed by atoms with Crippen molar-refractivity contribution in [2.45, 2.75) is 32.7 Å². The lowest BCUT2D eigenvalue weighted by atomic mass is 10.0. The molecule has 1 N–H and O–H groups in total. The minimum atomic E-state index is 0.277. The van der Waals surface area contributed by atoms with Gasteiger partial charge in [0.15, 0.2) is 0 Å². The van der Waals surface area contributed by atoms with Crippen LogP contribution in [0.25, 0.3) is 0 Å². The van der Waals surface area contributed by atoms with Crippen LogP contribution >= 0.6 is 34.5 Å². The second-order valence-electron chi connectivity index (χ2n) is 4.76. The van der Waals surface area contributed by atoms with Gasteiger partial charge in [-0.05, 0) is 44.0 Å². The summed E-state index contributed by atoms with van der Waals surface area (Å²) in [5, 5.41) is 4.80. The standard InChI is InChI=1S/C15H18Cl2N2S/c1-3-6-18-14(15-10(2)19-9-20-15)8-11-4-5-12(16)13(17)7-11/h4-5,7,9,14,18H,3,6,8H2,1-2H3. The number of hydrogen-bond acceptors (Lipinski definition) is 3. The minimum Gasteiger partial charge on any atom is -0.309 e. The van der Waals surface area contributed by atoms with E-state index in [1.807, 2.05) is 23.7 Å². The average molecular weight is 329 g/mol. The van der Waals surface area contributed by atoms with Crippen LogP contribution in [0.2, 0.25) is 10.0 Å². The van der Waals surface area contributed by atoms with Crippen molar-refractivity contribution in [3.8, 4) is 0 Å². The van der Waals surface area contributed by atoms with Gasteiger partial charge in [-0.1, -0.05) is 36.2 Å². The van der Waals surface area contributed by atoms with Crippen molar-refractivity contribution in [1.29, 1.82) is 0 Å². The molecule has 2 aromatic rings. The van der Waals surface area contributed by atoms with E-state index in [2.05, 4.69) is 24.1 Å². The van der Waals surface area contributed by atoms with Gasteiger partial charge in [0.25, 0.3) is 0 Å². The molecule has 0 saturated heterocycles. The summed E-state index contributed by atoms with van der Waals surface area (Å²) in [5.41, 5.74) is 4.18. The van der Waals surface area contributed by atoms with Crippen molar-refractivity contribution in [2.24, 2.45) is 0 Å². The first-order chi connectivity index (χ1) is 9.61. The molecule has 2 rings (SSSR count). The molecule has 0 bridgehead atoms. The Morgan fingerprint density at radius 2 is 2.10 bits per heavy atom.